The Bertz CT molecular complexity index is 382. The van der Waals surface area contributed by atoms with Crippen molar-refractivity contribution in [3.63, 3.8) is 0 Å². The van der Waals surface area contributed by atoms with Gasteiger partial charge in [-0.25, -0.2) is 0 Å². The van der Waals surface area contributed by atoms with E-state index < -0.39 is 5.54 Å². The van der Waals surface area contributed by atoms with Crippen LogP contribution in [0.1, 0.15) is 36.7 Å². The van der Waals surface area contributed by atoms with Gasteiger partial charge in [0.1, 0.15) is 0 Å². The van der Waals surface area contributed by atoms with Crippen molar-refractivity contribution >= 4 is 5.91 Å². The molecule has 94 valence electrons. The Morgan fingerprint density at radius 2 is 1.82 bits per heavy atom. The first-order valence-electron chi connectivity index (χ1n) is 5.90. The first-order valence-corrected chi connectivity index (χ1v) is 5.90. The molecule has 0 unspecified atom stereocenters. The van der Waals surface area contributed by atoms with E-state index in [4.69, 9.17) is 0 Å². The molecular formula is C14H21NO2. The zero-order valence-electron chi connectivity index (χ0n) is 11.0. The van der Waals surface area contributed by atoms with E-state index in [1.807, 2.05) is 38.1 Å². The van der Waals surface area contributed by atoms with Crippen LogP contribution >= 0.6 is 0 Å². The molecule has 0 atom stereocenters. The molecule has 0 heterocycles. The van der Waals surface area contributed by atoms with Gasteiger partial charge in [-0.05, 0) is 38.0 Å². The monoisotopic (exact) mass is 235 g/mol. The molecule has 1 rings (SSSR count). The summed E-state index contributed by atoms with van der Waals surface area (Å²) in [5, 5.41) is 9.25. The SMILES string of the molecule is CCc1ccc(C(=O)N(C)C(C)(C)CO)cc1. The fourth-order valence-electron chi connectivity index (χ4n) is 1.46. The van der Waals surface area contributed by atoms with Gasteiger partial charge in [-0.1, -0.05) is 19.1 Å². The molecule has 0 fully saturated rings. The quantitative estimate of drug-likeness (QED) is 0.868. The van der Waals surface area contributed by atoms with Gasteiger partial charge in [0.15, 0.2) is 0 Å². The Hall–Kier alpha value is -1.35. The molecule has 0 aliphatic rings. The number of nitrogens with zero attached hydrogens (tertiary/aromatic N) is 1. The molecule has 1 amide bonds. The predicted molar refractivity (Wildman–Crippen MR) is 69.1 cm³/mol. The second-order valence-corrected chi connectivity index (χ2v) is 4.89. The number of likely N-dealkylation sites (N-methyl/N-ethyl adjacent to an activating group) is 1. The first-order chi connectivity index (χ1) is 7.92. The minimum Gasteiger partial charge on any atom is -0.394 e. The normalized spacial score (nSPS) is 11.4. The van der Waals surface area contributed by atoms with Gasteiger partial charge in [-0.3, -0.25) is 4.79 Å². The van der Waals surface area contributed by atoms with Crippen molar-refractivity contribution in [2.45, 2.75) is 32.7 Å². The number of carbonyl (C=O) groups excluding carboxylic acids is 1. The van der Waals surface area contributed by atoms with E-state index in [0.717, 1.165) is 6.42 Å². The smallest absolute Gasteiger partial charge is 0.254 e. The lowest BCUT2D eigenvalue weighted by Gasteiger charge is -2.34. The number of hydrogen-bond donors (Lipinski definition) is 1. The van der Waals surface area contributed by atoms with Crippen molar-refractivity contribution in [3.8, 4) is 0 Å². The van der Waals surface area contributed by atoms with Crippen molar-refractivity contribution in [2.75, 3.05) is 13.7 Å². The van der Waals surface area contributed by atoms with Crippen LogP contribution in [-0.4, -0.2) is 35.1 Å². The summed E-state index contributed by atoms with van der Waals surface area (Å²) in [7, 11) is 1.71. The second kappa shape index (κ2) is 5.32. The summed E-state index contributed by atoms with van der Waals surface area (Å²) in [4.78, 5) is 13.7. The van der Waals surface area contributed by atoms with Gasteiger partial charge in [0.05, 0.1) is 12.1 Å². The number of hydrogen-bond acceptors (Lipinski definition) is 2. The lowest BCUT2D eigenvalue weighted by molar-refractivity contribution is 0.0473. The Balaban J connectivity index is 2.89. The van der Waals surface area contributed by atoms with Crippen LogP contribution in [-0.2, 0) is 6.42 Å². The molecule has 0 aromatic heterocycles. The average molecular weight is 235 g/mol. The Labute approximate surface area is 103 Å². The summed E-state index contributed by atoms with van der Waals surface area (Å²) in [5.74, 6) is -0.0632. The number of carbonyl (C=O) groups is 1. The minimum atomic E-state index is -0.541. The first kappa shape index (κ1) is 13.7. The van der Waals surface area contributed by atoms with Crippen LogP contribution in [0.2, 0.25) is 0 Å². The zero-order chi connectivity index (χ0) is 13.1. The molecule has 0 bridgehead atoms. The van der Waals surface area contributed by atoms with Crippen LogP contribution in [0, 0.1) is 0 Å². The van der Waals surface area contributed by atoms with E-state index in [-0.39, 0.29) is 12.5 Å². The largest absolute Gasteiger partial charge is 0.394 e. The van der Waals surface area contributed by atoms with Crippen LogP contribution in [0.5, 0.6) is 0 Å². The topological polar surface area (TPSA) is 40.5 Å². The van der Waals surface area contributed by atoms with Crippen molar-refractivity contribution in [3.05, 3.63) is 35.4 Å². The van der Waals surface area contributed by atoms with E-state index >= 15 is 0 Å². The molecule has 0 aliphatic heterocycles. The number of rotatable bonds is 4. The summed E-state index contributed by atoms with van der Waals surface area (Å²) in [6, 6.07) is 7.61. The average Bonchev–Trinajstić information content (AvgIpc) is 2.37. The second-order valence-electron chi connectivity index (χ2n) is 4.89. The van der Waals surface area contributed by atoms with Crippen molar-refractivity contribution < 1.29 is 9.90 Å². The molecule has 1 aromatic rings. The third kappa shape index (κ3) is 3.07. The fraction of sp³-hybridized carbons (Fsp3) is 0.500. The van der Waals surface area contributed by atoms with E-state index in [1.165, 1.54) is 5.56 Å². The number of aliphatic hydroxyl groups is 1. The number of benzene rings is 1. The molecule has 17 heavy (non-hydrogen) atoms. The van der Waals surface area contributed by atoms with Crippen LogP contribution in [0.15, 0.2) is 24.3 Å². The third-order valence-electron chi connectivity index (χ3n) is 3.21. The van der Waals surface area contributed by atoms with Gasteiger partial charge in [-0.2, -0.15) is 0 Å². The Morgan fingerprint density at radius 1 is 1.29 bits per heavy atom. The van der Waals surface area contributed by atoms with Crippen LogP contribution in [0.3, 0.4) is 0 Å². The van der Waals surface area contributed by atoms with E-state index in [1.54, 1.807) is 11.9 Å². The van der Waals surface area contributed by atoms with Gasteiger partial charge in [0.25, 0.3) is 5.91 Å². The molecule has 0 spiro atoms. The van der Waals surface area contributed by atoms with Crippen LogP contribution in [0.4, 0.5) is 0 Å². The van der Waals surface area contributed by atoms with Crippen molar-refractivity contribution in [2.24, 2.45) is 0 Å². The zero-order valence-corrected chi connectivity index (χ0v) is 11.0. The van der Waals surface area contributed by atoms with E-state index in [9.17, 15) is 9.90 Å². The summed E-state index contributed by atoms with van der Waals surface area (Å²) in [6.45, 7) is 5.71. The summed E-state index contributed by atoms with van der Waals surface area (Å²) < 4.78 is 0. The van der Waals surface area contributed by atoms with E-state index in [2.05, 4.69) is 6.92 Å². The molecule has 0 aliphatic carbocycles. The van der Waals surface area contributed by atoms with Gasteiger partial charge in [0, 0.05) is 12.6 Å². The molecule has 1 N–H and O–H groups in total. The number of amides is 1. The minimum absolute atomic E-state index is 0.0533. The molecule has 0 saturated carbocycles. The van der Waals surface area contributed by atoms with Gasteiger partial charge in [0.2, 0.25) is 0 Å². The molecule has 3 nitrogen and oxygen atoms in total. The van der Waals surface area contributed by atoms with Gasteiger partial charge < -0.3 is 10.0 Å². The predicted octanol–water partition coefficient (Wildman–Crippen LogP) is 2.09. The maximum atomic E-state index is 12.2. The van der Waals surface area contributed by atoms with Crippen LogP contribution < -0.4 is 0 Å². The third-order valence-corrected chi connectivity index (χ3v) is 3.21. The van der Waals surface area contributed by atoms with Crippen LogP contribution in [0.25, 0.3) is 0 Å². The van der Waals surface area contributed by atoms with Gasteiger partial charge >= 0.3 is 0 Å². The molecule has 1 aromatic carbocycles. The fourth-order valence-corrected chi connectivity index (χ4v) is 1.46. The summed E-state index contributed by atoms with van der Waals surface area (Å²) in [6.07, 6.45) is 0.965. The molecule has 3 heteroatoms. The lowest BCUT2D eigenvalue weighted by atomic mass is 10.0. The molecular weight excluding hydrogens is 214 g/mol. The van der Waals surface area contributed by atoms with Crippen molar-refractivity contribution in [1.82, 2.24) is 4.90 Å². The lowest BCUT2D eigenvalue weighted by Crippen LogP contribution is -2.47. The summed E-state index contributed by atoms with van der Waals surface area (Å²) in [5.41, 5.74) is 1.33. The van der Waals surface area contributed by atoms with Gasteiger partial charge in [-0.15, -0.1) is 0 Å². The number of aryl methyl sites for hydroxylation is 1. The van der Waals surface area contributed by atoms with E-state index in [0.29, 0.717) is 5.56 Å². The Morgan fingerprint density at radius 3 is 2.24 bits per heavy atom. The molecule has 0 saturated heterocycles. The highest BCUT2D eigenvalue weighted by molar-refractivity contribution is 5.94. The maximum Gasteiger partial charge on any atom is 0.254 e. The maximum absolute atomic E-state index is 12.2. The highest BCUT2D eigenvalue weighted by Gasteiger charge is 2.27. The Kier molecular flexibility index (Phi) is 4.29. The standard InChI is InChI=1S/C14H21NO2/c1-5-11-6-8-12(9-7-11)13(17)15(4)14(2,3)10-16/h6-9,16H,5,10H2,1-4H3. The molecule has 0 radical (unpaired) electrons. The summed E-state index contributed by atoms with van der Waals surface area (Å²) >= 11 is 0. The number of aliphatic hydroxyl groups excluding tert-OH is 1. The highest BCUT2D eigenvalue weighted by atomic mass is 16.3. The van der Waals surface area contributed by atoms with Crippen molar-refractivity contribution in [1.29, 1.82) is 0 Å². The highest BCUT2D eigenvalue weighted by Crippen LogP contribution is 2.15.